The number of carbonyl (C=O) groups is 1. The van der Waals surface area contributed by atoms with Crippen LogP contribution in [0.25, 0.3) is 0 Å². The molecule has 0 aliphatic carbocycles. The third-order valence-corrected chi connectivity index (χ3v) is 0. The van der Waals surface area contributed by atoms with Gasteiger partial charge in [-0.25, -0.2) is 4.79 Å². The van der Waals surface area contributed by atoms with Crippen LogP contribution in [0.3, 0.4) is 0 Å². The van der Waals surface area contributed by atoms with Crippen molar-refractivity contribution >= 4 is 15.3 Å². The minimum atomic E-state index is -3.13. The predicted molar refractivity (Wildman–Crippen MR) is 21.5 cm³/mol. The fourth-order valence-electron chi connectivity index (χ4n) is 0. The van der Waals surface area contributed by atoms with Crippen molar-refractivity contribution < 1.29 is 29.1 Å². The van der Waals surface area contributed by atoms with Crippen molar-refractivity contribution in [2.45, 2.75) is 0 Å². The van der Waals surface area contributed by atoms with E-state index in [0.29, 0.717) is 0 Å². The molecule has 0 spiro atoms. The van der Waals surface area contributed by atoms with Gasteiger partial charge in [0.25, 0.3) is 0 Å². The number of carboxylic acid groups (broad SMARTS) is 2. The lowest BCUT2D eigenvalue weighted by Gasteiger charge is -1.60. The van der Waals surface area contributed by atoms with Crippen molar-refractivity contribution in [3.63, 3.8) is 0 Å². The summed E-state index contributed by atoms with van der Waals surface area (Å²) in [6, 6.07) is 0. The van der Waals surface area contributed by atoms with Crippen LogP contribution in [0.5, 0.6) is 0 Å². The van der Waals surface area contributed by atoms with Gasteiger partial charge in [-0.05, 0) is 0 Å². The standard InChI is InChI=1S/CH2O3.H2O3Si/c2-1(3)4;1-4(2)3/h(H2,2,3,4);1-2H. The second-order valence-electron chi connectivity index (χ2n) is 0.565. The van der Waals surface area contributed by atoms with Crippen LogP contribution in [0.1, 0.15) is 0 Å². The Labute approximate surface area is 45.5 Å². The zero-order chi connectivity index (χ0) is 7.15. The summed E-state index contributed by atoms with van der Waals surface area (Å²) in [6.07, 6.45) is -1.83. The quantitative estimate of drug-likeness (QED) is 0.308. The molecule has 0 atom stereocenters. The van der Waals surface area contributed by atoms with Crippen LogP contribution in [0.2, 0.25) is 0 Å². The smallest absolute Gasteiger partial charge is 0.511 e. The average Bonchev–Trinajstić information content (AvgIpc) is 1.25. The molecule has 0 fully saturated rings. The fourth-order valence-corrected chi connectivity index (χ4v) is 0. The van der Waals surface area contributed by atoms with E-state index in [1.165, 1.54) is 0 Å². The van der Waals surface area contributed by atoms with Gasteiger partial charge in [0, 0.05) is 0 Å². The number of rotatable bonds is 0. The van der Waals surface area contributed by atoms with Gasteiger partial charge in [-0.2, -0.15) is 0 Å². The minimum Gasteiger partial charge on any atom is -0.511 e. The minimum absolute atomic E-state index is 1.83. The Morgan fingerprint density at radius 3 is 1.25 bits per heavy atom. The third-order valence-electron chi connectivity index (χ3n) is 0. The van der Waals surface area contributed by atoms with Crippen molar-refractivity contribution in [2.75, 3.05) is 0 Å². The molecule has 6 nitrogen and oxygen atoms in total. The average molecular weight is 140 g/mol. The van der Waals surface area contributed by atoms with Crippen molar-refractivity contribution in [3.8, 4) is 0 Å². The van der Waals surface area contributed by atoms with E-state index in [4.69, 9.17) is 29.1 Å². The largest absolute Gasteiger partial charge is 0.761 e. The van der Waals surface area contributed by atoms with E-state index in [2.05, 4.69) is 0 Å². The molecule has 4 N–H and O–H groups in total. The summed E-state index contributed by atoms with van der Waals surface area (Å²) >= 11 is 0. The summed E-state index contributed by atoms with van der Waals surface area (Å²) in [5, 5.41) is 13.9. The van der Waals surface area contributed by atoms with Gasteiger partial charge in [-0.1, -0.05) is 0 Å². The molecule has 0 aliphatic rings. The Bertz CT molecular complexity index is 66.5. The molecule has 8 heavy (non-hydrogen) atoms. The van der Waals surface area contributed by atoms with Crippen LogP contribution < -0.4 is 0 Å². The van der Waals surface area contributed by atoms with Gasteiger partial charge in [-0.15, -0.1) is 0 Å². The lowest BCUT2D eigenvalue weighted by molar-refractivity contribution is 0.137. The molecule has 0 saturated heterocycles. The van der Waals surface area contributed by atoms with Gasteiger partial charge >= 0.3 is 15.3 Å². The first-order valence-corrected chi connectivity index (χ1v) is 2.61. The predicted octanol–water partition coefficient (Wildman–Crippen LogP) is -1.39. The summed E-state index contributed by atoms with van der Waals surface area (Å²) in [4.78, 5) is 22.9. The highest BCUT2D eigenvalue weighted by Crippen LogP contribution is 1.42. The molecule has 7 heteroatoms. The summed E-state index contributed by atoms with van der Waals surface area (Å²) < 4.78 is 8.74. The van der Waals surface area contributed by atoms with Crippen LogP contribution in [0.15, 0.2) is 0 Å². The summed E-state index contributed by atoms with van der Waals surface area (Å²) in [5.41, 5.74) is 0. The normalized spacial score (nSPS) is 6.00. The molecular weight excluding hydrogens is 136 g/mol. The van der Waals surface area contributed by atoms with Gasteiger partial charge in [0.2, 0.25) is 0 Å². The van der Waals surface area contributed by atoms with Gasteiger partial charge in [0.05, 0.1) is 0 Å². The molecule has 0 heterocycles. The Hall–Kier alpha value is -1.11. The van der Waals surface area contributed by atoms with E-state index in [1.807, 2.05) is 0 Å². The van der Waals surface area contributed by atoms with Crippen LogP contribution in [0.4, 0.5) is 4.79 Å². The van der Waals surface area contributed by atoms with Crippen molar-refractivity contribution in [1.82, 2.24) is 0 Å². The lowest BCUT2D eigenvalue weighted by atomic mass is 11.5. The molecule has 0 amide bonds. The Kier molecular flexibility index (Phi) is 7.35. The van der Waals surface area contributed by atoms with E-state index >= 15 is 0 Å². The Morgan fingerprint density at radius 1 is 1.25 bits per heavy atom. The zero-order valence-electron chi connectivity index (χ0n) is 3.61. The lowest BCUT2D eigenvalue weighted by Crippen LogP contribution is -1.90. The first-order chi connectivity index (χ1) is 3.46. The van der Waals surface area contributed by atoms with Crippen LogP contribution in [-0.2, 0) is 4.46 Å². The Morgan fingerprint density at radius 2 is 1.25 bits per heavy atom. The number of hydrogen-bond acceptors (Lipinski definition) is 2. The van der Waals surface area contributed by atoms with E-state index in [9.17, 15) is 0 Å². The van der Waals surface area contributed by atoms with E-state index in [-0.39, 0.29) is 0 Å². The first-order valence-electron chi connectivity index (χ1n) is 1.30. The van der Waals surface area contributed by atoms with E-state index in [1.54, 1.807) is 0 Å². The molecule has 0 saturated carbocycles. The van der Waals surface area contributed by atoms with Gasteiger partial charge < -0.3 is 19.8 Å². The first kappa shape index (κ1) is 9.99. The summed E-state index contributed by atoms with van der Waals surface area (Å²) in [7, 11) is -3.13. The topological polar surface area (TPSA) is 115 Å². The molecule has 0 bridgehead atoms. The zero-order valence-corrected chi connectivity index (χ0v) is 4.61. The molecule has 0 aromatic carbocycles. The van der Waals surface area contributed by atoms with Gasteiger partial charge in [-0.3, -0.25) is 4.46 Å². The number of hydrogen-bond donors (Lipinski definition) is 4. The molecule has 48 valence electrons. The maximum Gasteiger partial charge on any atom is 0.761 e. The van der Waals surface area contributed by atoms with Crippen LogP contribution in [0, 0.1) is 0 Å². The maximum absolute atomic E-state index is 8.74. The molecule has 0 rings (SSSR count). The van der Waals surface area contributed by atoms with Crippen molar-refractivity contribution in [1.29, 1.82) is 0 Å². The molecule has 0 unspecified atom stereocenters. The maximum atomic E-state index is 8.74. The van der Waals surface area contributed by atoms with Crippen LogP contribution >= 0.6 is 0 Å². The Balaban J connectivity index is 0. The highest BCUT2D eigenvalue weighted by Gasteiger charge is 1.85. The fraction of sp³-hybridized carbons (Fsp3) is 0. The molecule has 0 aliphatic heterocycles. The van der Waals surface area contributed by atoms with E-state index < -0.39 is 15.3 Å². The monoisotopic (exact) mass is 140 g/mol. The SMILES string of the molecule is O=C(O)O.O=[Si](O)O. The molecule has 0 aromatic rings. The molecular formula is CH4O6Si. The molecule has 0 radical (unpaired) electrons. The highest BCUT2D eigenvalue weighted by molar-refractivity contribution is 6.22. The van der Waals surface area contributed by atoms with Gasteiger partial charge in [0.15, 0.2) is 0 Å². The summed E-state index contributed by atoms with van der Waals surface area (Å²) in [5.74, 6) is 0. The van der Waals surface area contributed by atoms with Crippen molar-refractivity contribution in [2.24, 2.45) is 0 Å². The van der Waals surface area contributed by atoms with Crippen molar-refractivity contribution in [3.05, 3.63) is 0 Å². The second-order valence-corrected chi connectivity index (χ2v) is 1.13. The summed E-state index contributed by atoms with van der Waals surface area (Å²) in [6.45, 7) is 0. The second kappa shape index (κ2) is 5.89. The highest BCUT2D eigenvalue weighted by atomic mass is 28.3. The van der Waals surface area contributed by atoms with Gasteiger partial charge in [0.1, 0.15) is 0 Å². The molecule has 0 aromatic heterocycles. The third kappa shape index (κ3) is 59.6. The van der Waals surface area contributed by atoms with E-state index in [0.717, 1.165) is 0 Å². The van der Waals surface area contributed by atoms with Crippen LogP contribution in [-0.4, -0.2) is 35.1 Å².